The van der Waals surface area contributed by atoms with E-state index in [-0.39, 0.29) is 17.7 Å². The topological polar surface area (TPSA) is 74.8 Å². The number of benzene rings is 2. The van der Waals surface area contributed by atoms with Gasteiger partial charge in [-0.15, -0.1) is 0 Å². The molecule has 1 N–H and O–H groups in total. The summed E-state index contributed by atoms with van der Waals surface area (Å²) >= 11 is 6.52. The molecule has 0 bridgehead atoms. The van der Waals surface area contributed by atoms with Crippen molar-refractivity contribution >= 4 is 39.9 Å². The summed E-state index contributed by atoms with van der Waals surface area (Å²) in [5.74, 6) is 0.290. The molecule has 3 aromatic rings. The molecule has 1 spiro atoms. The molecular weight excluding hydrogens is 500 g/mol. The number of carbonyl (C=O) groups excluding carboxylic acids is 2. The van der Waals surface area contributed by atoms with Crippen LogP contribution in [0.4, 0.5) is 5.69 Å². The van der Waals surface area contributed by atoms with Crippen molar-refractivity contribution in [2.45, 2.75) is 25.2 Å². The van der Waals surface area contributed by atoms with E-state index < -0.39 is 5.41 Å². The van der Waals surface area contributed by atoms with Crippen molar-refractivity contribution in [2.24, 2.45) is 11.8 Å². The van der Waals surface area contributed by atoms with E-state index in [9.17, 15) is 9.59 Å². The molecule has 6 rings (SSSR count). The van der Waals surface area contributed by atoms with E-state index in [2.05, 4.69) is 17.2 Å². The van der Waals surface area contributed by atoms with E-state index in [4.69, 9.17) is 16.3 Å². The van der Waals surface area contributed by atoms with Crippen molar-refractivity contribution in [3.8, 4) is 0 Å². The molecule has 3 aliphatic rings. The molecule has 0 aliphatic carbocycles. The normalized spacial score (nSPS) is 24.0. The monoisotopic (exact) mass is 532 g/mol. The maximum Gasteiger partial charge on any atom is 0.254 e. The van der Waals surface area contributed by atoms with Gasteiger partial charge in [0, 0.05) is 72.9 Å². The zero-order chi connectivity index (χ0) is 26.3. The first-order valence-corrected chi connectivity index (χ1v) is 13.9. The number of hydrogen-bond donors (Lipinski definition) is 1. The number of nitrogens with zero attached hydrogens (tertiary/aromatic N) is 3. The summed E-state index contributed by atoms with van der Waals surface area (Å²) in [6, 6.07) is 13.4. The molecule has 0 unspecified atom stereocenters. The van der Waals surface area contributed by atoms with Gasteiger partial charge in [-0.25, -0.2) is 0 Å². The zero-order valence-corrected chi connectivity index (χ0v) is 22.4. The Kier molecular flexibility index (Phi) is 6.84. The number of aromatic nitrogens is 1. The molecule has 4 heterocycles. The average molecular weight is 533 g/mol. The number of amides is 2. The van der Waals surface area contributed by atoms with Gasteiger partial charge in [-0.05, 0) is 49.1 Å². The van der Waals surface area contributed by atoms with E-state index in [1.807, 2.05) is 46.3 Å². The molecule has 0 saturated carbocycles. The summed E-state index contributed by atoms with van der Waals surface area (Å²) in [6.45, 7) is 6.46. The minimum absolute atomic E-state index is 0.00607. The molecule has 1 aromatic heterocycles. The molecule has 2 atom stereocenters. The van der Waals surface area contributed by atoms with Gasteiger partial charge in [-0.3, -0.25) is 14.6 Å². The fourth-order valence-corrected chi connectivity index (χ4v) is 6.75. The first-order chi connectivity index (χ1) is 18.5. The highest BCUT2D eigenvalue weighted by Crippen LogP contribution is 2.48. The van der Waals surface area contributed by atoms with Crippen LogP contribution in [0, 0.1) is 11.8 Å². The number of pyridine rings is 1. The van der Waals surface area contributed by atoms with E-state index in [1.54, 1.807) is 18.3 Å². The zero-order valence-electron chi connectivity index (χ0n) is 21.7. The molecule has 2 amide bonds. The highest BCUT2D eigenvalue weighted by Gasteiger charge is 2.59. The van der Waals surface area contributed by atoms with Crippen LogP contribution in [0.15, 0.2) is 54.9 Å². The fourth-order valence-electron chi connectivity index (χ4n) is 6.58. The molecular formula is C30H33ClN4O3. The van der Waals surface area contributed by atoms with Crippen molar-refractivity contribution in [3.05, 3.63) is 71.0 Å². The second-order valence-corrected chi connectivity index (χ2v) is 11.1. The number of fused-ring (bicyclic) bond motifs is 3. The number of nitrogens with one attached hydrogen (secondary N) is 1. The summed E-state index contributed by atoms with van der Waals surface area (Å²) in [6.07, 6.45) is 5.46. The summed E-state index contributed by atoms with van der Waals surface area (Å²) < 4.78 is 5.56. The molecule has 38 heavy (non-hydrogen) atoms. The van der Waals surface area contributed by atoms with Crippen LogP contribution < -0.4 is 10.2 Å². The molecule has 7 nitrogen and oxygen atoms in total. The smallest absolute Gasteiger partial charge is 0.254 e. The Bertz CT molecular complexity index is 1370. The molecule has 0 radical (unpaired) electrons. The van der Waals surface area contributed by atoms with Crippen molar-refractivity contribution in [2.75, 3.05) is 50.8 Å². The third-order valence-electron chi connectivity index (χ3n) is 8.54. The van der Waals surface area contributed by atoms with Gasteiger partial charge in [0.25, 0.3) is 5.91 Å². The Morgan fingerprint density at radius 1 is 1.13 bits per heavy atom. The Balaban J connectivity index is 1.48. The van der Waals surface area contributed by atoms with Crippen LogP contribution >= 0.6 is 11.6 Å². The van der Waals surface area contributed by atoms with Crippen LogP contribution in [0.5, 0.6) is 0 Å². The standard InChI is InChI=1S/C30H33ClN4O3/c1-2-32-15-22-18-35(27-16-33-14-21-5-3-4-6-24(21)27)29(37)30(22)19-34(17-20-9-11-38-12-10-20)28(36)25-8-7-23(31)13-26(25)30/h3-8,13-14,16,20,22,32H,2,9-12,15,17-19H2,1H3/t22-,30+/m0/s1. The van der Waals surface area contributed by atoms with Gasteiger partial charge < -0.3 is 19.9 Å². The van der Waals surface area contributed by atoms with Crippen LogP contribution in [0.25, 0.3) is 10.8 Å². The minimum Gasteiger partial charge on any atom is -0.381 e. The van der Waals surface area contributed by atoms with Gasteiger partial charge in [0.2, 0.25) is 5.91 Å². The predicted molar refractivity (Wildman–Crippen MR) is 149 cm³/mol. The lowest BCUT2D eigenvalue weighted by molar-refractivity contribution is -0.123. The molecule has 2 saturated heterocycles. The third-order valence-corrected chi connectivity index (χ3v) is 8.78. The number of ether oxygens (including phenoxy) is 1. The van der Waals surface area contributed by atoms with Crippen molar-refractivity contribution in [1.82, 2.24) is 15.2 Å². The van der Waals surface area contributed by atoms with Crippen LogP contribution in [-0.2, 0) is 14.9 Å². The Morgan fingerprint density at radius 2 is 1.95 bits per heavy atom. The molecule has 8 heteroatoms. The lowest BCUT2D eigenvalue weighted by Crippen LogP contribution is -2.58. The fraction of sp³-hybridized carbons (Fsp3) is 0.433. The number of anilines is 1. The van der Waals surface area contributed by atoms with Gasteiger partial charge >= 0.3 is 0 Å². The Morgan fingerprint density at radius 3 is 2.76 bits per heavy atom. The largest absolute Gasteiger partial charge is 0.381 e. The summed E-state index contributed by atoms with van der Waals surface area (Å²) in [4.78, 5) is 36.9. The SMILES string of the molecule is CCNC[C@H]1CN(c2cncc3ccccc23)C(=O)[C@]12CN(CC1CCOCC1)C(=O)c1ccc(Cl)cc12. The minimum atomic E-state index is -0.904. The second kappa shape index (κ2) is 10.3. The van der Waals surface area contributed by atoms with Gasteiger partial charge in [0.1, 0.15) is 0 Å². The first-order valence-electron chi connectivity index (χ1n) is 13.6. The summed E-state index contributed by atoms with van der Waals surface area (Å²) in [5.41, 5.74) is 1.24. The lowest BCUT2D eigenvalue weighted by atomic mass is 9.67. The first kappa shape index (κ1) is 25.3. The van der Waals surface area contributed by atoms with E-state index >= 15 is 0 Å². The van der Waals surface area contributed by atoms with Gasteiger partial charge in [-0.1, -0.05) is 42.8 Å². The number of rotatable bonds is 6. The average Bonchev–Trinajstić information content (AvgIpc) is 3.21. The number of hydrogen-bond acceptors (Lipinski definition) is 5. The second-order valence-electron chi connectivity index (χ2n) is 10.7. The maximum absolute atomic E-state index is 14.8. The molecule has 198 valence electrons. The quantitative estimate of drug-likeness (QED) is 0.513. The van der Waals surface area contributed by atoms with Crippen molar-refractivity contribution in [1.29, 1.82) is 0 Å². The van der Waals surface area contributed by atoms with Crippen LogP contribution in [0.1, 0.15) is 35.7 Å². The van der Waals surface area contributed by atoms with Crippen molar-refractivity contribution < 1.29 is 14.3 Å². The highest BCUT2D eigenvalue weighted by atomic mass is 35.5. The van der Waals surface area contributed by atoms with Crippen molar-refractivity contribution in [3.63, 3.8) is 0 Å². The summed E-state index contributed by atoms with van der Waals surface area (Å²) in [7, 11) is 0. The number of carbonyl (C=O) groups is 2. The highest BCUT2D eigenvalue weighted by molar-refractivity contribution is 6.31. The molecule has 2 aromatic carbocycles. The van der Waals surface area contributed by atoms with Gasteiger partial charge in [0.05, 0.1) is 17.3 Å². The Labute approximate surface area is 228 Å². The maximum atomic E-state index is 14.8. The Hall–Kier alpha value is -3.00. The summed E-state index contributed by atoms with van der Waals surface area (Å²) in [5, 5.41) is 6.02. The van der Waals surface area contributed by atoms with E-state index in [0.717, 1.165) is 41.4 Å². The number of halogens is 1. The molecule has 3 aliphatic heterocycles. The van der Waals surface area contributed by atoms with Gasteiger partial charge in [-0.2, -0.15) is 0 Å². The third kappa shape index (κ3) is 4.17. The van der Waals surface area contributed by atoms with Gasteiger partial charge in [0.15, 0.2) is 0 Å². The molecule has 2 fully saturated rings. The van der Waals surface area contributed by atoms with Crippen LogP contribution in [0.2, 0.25) is 5.02 Å². The van der Waals surface area contributed by atoms with E-state index in [0.29, 0.717) is 55.9 Å². The van der Waals surface area contributed by atoms with Crippen LogP contribution in [-0.4, -0.2) is 67.6 Å². The van der Waals surface area contributed by atoms with Crippen LogP contribution in [0.3, 0.4) is 0 Å². The lowest BCUT2D eigenvalue weighted by Gasteiger charge is -2.44. The van der Waals surface area contributed by atoms with E-state index in [1.165, 1.54) is 0 Å². The predicted octanol–water partition coefficient (Wildman–Crippen LogP) is 4.28.